The van der Waals surface area contributed by atoms with Gasteiger partial charge in [0.1, 0.15) is 5.82 Å². The summed E-state index contributed by atoms with van der Waals surface area (Å²) in [6, 6.07) is 3.63. The van der Waals surface area contributed by atoms with Crippen LogP contribution in [0.15, 0.2) is 28.9 Å². The minimum absolute atomic E-state index is 0.115. The first kappa shape index (κ1) is 11.4. The molecule has 7 heteroatoms. The van der Waals surface area contributed by atoms with E-state index in [2.05, 4.69) is 14.7 Å². The molecular weight excluding hydrogens is 258 g/mol. The second-order valence-corrected chi connectivity index (χ2v) is 3.87. The number of hydrogen-bond donors (Lipinski definition) is 2. The van der Waals surface area contributed by atoms with Gasteiger partial charge in [-0.2, -0.15) is 0 Å². The minimum atomic E-state index is -1.34. The molecule has 5 nitrogen and oxygen atoms in total. The lowest BCUT2D eigenvalue weighted by Gasteiger charge is -2.02. The maximum Gasteiger partial charge on any atom is 0.358 e. The number of fused-ring (bicyclic) bond motifs is 1. The predicted octanol–water partition coefficient (Wildman–Crippen LogP) is 2.80. The summed E-state index contributed by atoms with van der Waals surface area (Å²) in [7, 11) is 0. The molecule has 0 spiro atoms. The van der Waals surface area contributed by atoms with Crippen molar-refractivity contribution in [2.24, 2.45) is 0 Å². The first-order valence-corrected chi connectivity index (χ1v) is 5.23. The predicted molar refractivity (Wildman–Crippen MR) is 60.7 cm³/mol. The molecule has 0 fully saturated rings. The molecule has 0 unspecified atom stereocenters. The highest BCUT2D eigenvalue weighted by Crippen LogP contribution is 2.31. The van der Waals surface area contributed by atoms with Crippen LogP contribution in [0.1, 0.15) is 10.5 Å². The molecular formula is C12H6F2N2O3. The Hall–Kier alpha value is -2.70. The van der Waals surface area contributed by atoms with E-state index >= 15 is 0 Å². The topological polar surface area (TPSA) is 79.1 Å². The van der Waals surface area contributed by atoms with Crippen LogP contribution in [-0.2, 0) is 0 Å². The molecule has 3 aromatic rings. The van der Waals surface area contributed by atoms with Crippen molar-refractivity contribution >= 4 is 16.9 Å². The molecule has 0 aliphatic heterocycles. The third-order valence-corrected chi connectivity index (χ3v) is 2.71. The van der Waals surface area contributed by atoms with Gasteiger partial charge in [0.25, 0.3) is 0 Å². The Morgan fingerprint density at radius 2 is 2.16 bits per heavy atom. The van der Waals surface area contributed by atoms with Gasteiger partial charge in [-0.25, -0.2) is 13.6 Å². The molecule has 1 aromatic carbocycles. The third-order valence-electron chi connectivity index (χ3n) is 2.71. The number of carboxylic acid groups (broad SMARTS) is 1. The van der Waals surface area contributed by atoms with Gasteiger partial charge in [-0.05, 0) is 12.1 Å². The minimum Gasteiger partial charge on any atom is -0.476 e. The Labute approximate surface area is 104 Å². The van der Waals surface area contributed by atoms with Gasteiger partial charge in [-0.1, -0.05) is 5.16 Å². The van der Waals surface area contributed by atoms with Crippen LogP contribution in [0.2, 0.25) is 0 Å². The van der Waals surface area contributed by atoms with Crippen molar-refractivity contribution in [3.8, 4) is 11.3 Å². The SMILES string of the molecule is O=C(O)c1cc(-c2c(F)cc3cc[nH]c3c2F)on1. The molecule has 2 aromatic heterocycles. The van der Waals surface area contributed by atoms with Crippen LogP contribution in [-0.4, -0.2) is 21.2 Å². The number of aromatic carboxylic acids is 1. The highest BCUT2D eigenvalue weighted by molar-refractivity contribution is 5.88. The zero-order valence-electron chi connectivity index (χ0n) is 9.28. The average molecular weight is 264 g/mol. The fraction of sp³-hybridized carbons (Fsp3) is 0. The van der Waals surface area contributed by atoms with Gasteiger partial charge in [-0.3, -0.25) is 0 Å². The molecule has 2 heterocycles. The number of H-pyrrole nitrogens is 1. The zero-order valence-corrected chi connectivity index (χ0v) is 9.28. The molecule has 0 saturated heterocycles. The molecule has 0 aliphatic carbocycles. The smallest absolute Gasteiger partial charge is 0.358 e. The summed E-state index contributed by atoms with van der Waals surface area (Å²) >= 11 is 0. The standard InChI is InChI=1S/C12H6F2N2O3/c13-6-3-5-1-2-15-11(5)10(14)9(6)8-4-7(12(17)18)16-19-8/h1-4,15H,(H,17,18). The lowest BCUT2D eigenvalue weighted by atomic mass is 10.1. The Morgan fingerprint density at radius 1 is 1.37 bits per heavy atom. The Kier molecular flexibility index (Phi) is 2.34. The Morgan fingerprint density at radius 3 is 2.84 bits per heavy atom. The maximum atomic E-state index is 14.2. The van der Waals surface area contributed by atoms with Crippen molar-refractivity contribution in [1.29, 1.82) is 0 Å². The average Bonchev–Trinajstić information content (AvgIpc) is 2.97. The molecule has 0 saturated carbocycles. The van der Waals surface area contributed by atoms with Crippen LogP contribution in [0, 0.1) is 11.6 Å². The van der Waals surface area contributed by atoms with Crippen LogP contribution in [0.5, 0.6) is 0 Å². The van der Waals surface area contributed by atoms with Gasteiger partial charge in [-0.15, -0.1) is 0 Å². The number of carboxylic acids is 1. The molecule has 0 amide bonds. The van der Waals surface area contributed by atoms with Crippen molar-refractivity contribution in [2.45, 2.75) is 0 Å². The molecule has 96 valence electrons. The Bertz CT molecular complexity index is 791. The summed E-state index contributed by atoms with van der Waals surface area (Å²) in [5.74, 6) is -3.31. The second-order valence-electron chi connectivity index (χ2n) is 3.87. The fourth-order valence-electron chi connectivity index (χ4n) is 1.85. The second kappa shape index (κ2) is 3.91. The summed E-state index contributed by atoms with van der Waals surface area (Å²) in [5.41, 5.74) is -0.750. The third kappa shape index (κ3) is 1.67. The summed E-state index contributed by atoms with van der Waals surface area (Å²) in [6.45, 7) is 0. The molecule has 19 heavy (non-hydrogen) atoms. The number of rotatable bonds is 2. The van der Waals surface area contributed by atoms with Crippen molar-refractivity contribution in [2.75, 3.05) is 0 Å². The van der Waals surface area contributed by atoms with E-state index < -0.39 is 28.9 Å². The molecule has 3 rings (SSSR count). The van der Waals surface area contributed by atoms with Crippen molar-refractivity contribution < 1.29 is 23.2 Å². The lowest BCUT2D eigenvalue weighted by molar-refractivity contribution is 0.0686. The Balaban J connectivity index is 2.25. The van der Waals surface area contributed by atoms with E-state index in [4.69, 9.17) is 5.11 Å². The number of nitrogens with one attached hydrogen (secondary N) is 1. The number of carbonyl (C=O) groups is 1. The normalized spacial score (nSPS) is 11.1. The quantitative estimate of drug-likeness (QED) is 0.745. The van der Waals surface area contributed by atoms with E-state index in [-0.39, 0.29) is 11.3 Å². The highest BCUT2D eigenvalue weighted by atomic mass is 19.1. The van der Waals surface area contributed by atoms with Crippen LogP contribution in [0.4, 0.5) is 8.78 Å². The monoisotopic (exact) mass is 264 g/mol. The number of halogens is 2. The summed E-state index contributed by atoms with van der Waals surface area (Å²) < 4.78 is 32.7. The molecule has 2 N–H and O–H groups in total. The maximum absolute atomic E-state index is 14.2. The number of aromatic nitrogens is 2. The molecule has 0 atom stereocenters. The molecule has 0 aliphatic rings. The zero-order chi connectivity index (χ0) is 13.6. The van der Waals surface area contributed by atoms with Gasteiger partial charge in [0.2, 0.25) is 0 Å². The van der Waals surface area contributed by atoms with Crippen LogP contribution in [0.25, 0.3) is 22.2 Å². The van der Waals surface area contributed by atoms with Gasteiger partial charge in [0, 0.05) is 17.6 Å². The van der Waals surface area contributed by atoms with Crippen molar-refractivity contribution in [1.82, 2.24) is 10.1 Å². The number of benzene rings is 1. The van der Waals surface area contributed by atoms with E-state index in [0.29, 0.717) is 5.39 Å². The van der Waals surface area contributed by atoms with E-state index in [1.54, 1.807) is 0 Å². The van der Waals surface area contributed by atoms with Crippen molar-refractivity contribution in [3.05, 3.63) is 41.7 Å². The van der Waals surface area contributed by atoms with Gasteiger partial charge >= 0.3 is 5.97 Å². The van der Waals surface area contributed by atoms with Crippen LogP contribution >= 0.6 is 0 Å². The largest absolute Gasteiger partial charge is 0.476 e. The van der Waals surface area contributed by atoms with Crippen molar-refractivity contribution in [3.63, 3.8) is 0 Å². The lowest BCUT2D eigenvalue weighted by Crippen LogP contribution is -1.95. The summed E-state index contributed by atoms with van der Waals surface area (Å²) in [4.78, 5) is 13.3. The van der Waals surface area contributed by atoms with Gasteiger partial charge in [0.05, 0.1) is 11.1 Å². The van der Waals surface area contributed by atoms with E-state index in [1.807, 2.05) is 0 Å². The molecule has 0 radical (unpaired) electrons. The first-order valence-electron chi connectivity index (χ1n) is 5.23. The first-order chi connectivity index (χ1) is 9.08. The highest BCUT2D eigenvalue weighted by Gasteiger charge is 2.21. The summed E-state index contributed by atoms with van der Waals surface area (Å²) in [6.07, 6.45) is 1.47. The van der Waals surface area contributed by atoms with E-state index in [0.717, 1.165) is 12.1 Å². The number of hydrogen-bond acceptors (Lipinski definition) is 3. The van der Waals surface area contributed by atoms with Gasteiger partial charge < -0.3 is 14.6 Å². The number of aromatic amines is 1. The molecule has 0 bridgehead atoms. The van der Waals surface area contributed by atoms with Gasteiger partial charge in [0.15, 0.2) is 17.3 Å². The number of nitrogens with zero attached hydrogens (tertiary/aromatic N) is 1. The van der Waals surface area contributed by atoms with Crippen LogP contribution < -0.4 is 0 Å². The van der Waals surface area contributed by atoms with E-state index in [1.165, 1.54) is 12.3 Å². The summed E-state index contributed by atoms with van der Waals surface area (Å²) in [5, 5.41) is 12.3. The van der Waals surface area contributed by atoms with Crippen LogP contribution in [0.3, 0.4) is 0 Å². The fourth-order valence-corrected chi connectivity index (χ4v) is 1.85. The van der Waals surface area contributed by atoms with E-state index in [9.17, 15) is 13.6 Å².